The third kappa shape index (κ3) is 4.04. The molecule has 4 rings (SSSR count). The molecule has 9 heteroatoms. The molecule has 3 aromatic rings. The SMILES string of the molecule is CC1(S(=O)(=O)n2cc([Se]C(F)(F)F)c3ccccc32)C=C(c2ccccc2)C=CC1Br. The summed E-state index contributed by atoms with van der Waals surface area (Å²) in [4.78, 5) is -0.560. The zero-order valence-electron chi connectivity index (χ0n) is 16.2. The van der Waals surface area contributed by atoms with E-state index >= 15 is 0 Å². The van der Waals surface area contributed by atoms with Gasteiger partial charge in [-0.3, -0.25) is 0 Å². The summed E-state index contributed by atoms with van der Waals surface area (Å²) in [5.74, 6) is 0. The number of alkyl halides is 4. The average Bonchev–Trinajstić information content (AvgIpc) is 3.08. The average molecular weight is 575 g/mol. The molecule has 1 aromatic heterocycles. The van der Waals surface area contributed by atoms with Gasteiger partial charge in [0.2, 0.25) is 0 Å². The van der Waals surface area contributed by atoms with Crippen molar-refractivity contribution < 1.29 is 21.6 Å². The van der Waals surface area contributed by atoms with Gasteiger partial charge in [0.05, 0.1) is 0 Å². The van der Waals surface area contributed by atoms with Gasteiger partial charge >= 0.3 is 194 Å². The van der Waals surface area contributed by atoms with Gasteiger partial charge in [-0.15, -0.1) is 0 Å². The van der Waals surface area contributed by atoms with Crippen LogP contribution in [-0.2, 0) is 10.0 Å². The fourth-order valence-corrected chi connectivity index (χ4v) is 7.90. The Labute approximate surface area is 193 Å². The maximum absolute atomic E-state index is 13.9. The maximum atomic E-state index is 13.9. The number of aromatic nitrogens is 1. The topological polar surface area (TPSA) is 39.1 Å². The van der Waals surface area contributed by atoms with E-state index in [0.717, 1.165) is 21.3 Å². The summed E-state index contributed by atoms with van der Waals surface area (Å²) in [7, 11) is -4.13. The Hall–Kier alpha value is -1.80. The number of hydrogen-bond donors (Lipinski definition) is 0. The Balaban J connectivity index is 1.89. The van der Waals surface area contributed by atoms with E-state index in [1.807, 2.05) is 36.4 Å². The second kappa shape index (κ2) is 7.96. The monoisotopic (exact) mass is 575 g/mol. The van der Waals surface area contributed by atoms with Crippen molar-refractivity contribution in [2.75, 3.05) is 0 Å². The van der Waals surface area contributed by atoms with Gasteiger partial charge in [0.15, 0.2) is 0 Å². The Morgan fingerprint density at radius 1 is 1.06 bits per heavy atom. The molecule has 2 unspecified atom stereocenters. The van der Waals surface area contributed by atoms with Gasteiger partial charge < -0.3 is 0 Å². The van der Waals surface area contributed by atoms with Crippen LogP contribution in [-0.4, -0.2) is 42.0 Å². The molecule has 0 spiro atoms. The van der Waals surface area contributed by atoms with Gasteiger partial charge in [0, 0.05) is 0 Å². The molecular formula is C22H17BrF3NO2SSe. The number of fused-ring (bicyclic) bond motifs is 1. The number of benzene rings is 2. The van der Waals surface area contributed by atoms with Gasteiger partial charge in [-0.05, 0) is 0 Å². The molecule has 0 fully saturated rings. The van der Waals surface area contributed by atoms with E-state index in [2.05, 4.69) is 15.9 Å². The Bertz CT molecular complexity index is 1300. The van der Waals surface area contributed by atoms with E-state index in [-0.39, 0.29) is 9.98 Å². The molecule has 162 valence electrons. The molecule has 0 amide bonds. The van der Waals surface area contributed by atoms with E-state index in [1.165, 1.54) is 12.1 Å². The number of para-hydroxylation sites is 1. The van der Waals surface area contributed by atoms with Crippen molar-refractivity contribution >= 4 is 61.8 Å². The van der Waals surface area contributed by atoms with E-state index in [0.29, 0.717) is 5.39 Å². The molecule has 0 bridgehead atoms. The van der Waals surface area contributed by atoms with Crippen molar-refractivity contribution in [1.82, 2.24) is 3.97 Å². The fourth-order valence-electron chi connectivity index (χ4n) is 3.58. The normalized spacial score (nSPS) is 22.0. The minimum absolute atomic E-state index is 0.00693. The standard InChI is InChI=1S/C22H17BrF3NO2SSe/c1-21(13-16(11-12-20(21)23)15-7-3-2-4-8-15)30(28,29)27-14-19(31-22(24,25)26)17-9-5-6-10-18(17)27/h2-14,20H,1H3. The summed E-state index contributed by atoms with van der Waals surface area (Å²) in [6.45, 7) is 1.58. The van der Waals surface area contributed by atoms with Gasteiger partial charge in [-0.25, -0.2) is 0 Å². The molecule has 0 saturated heterocycles. The van der Waals surface area contributed by atoms with Crippen LogP contribution in [0, 0.1) is 0 Å². The third-order valence-corrected chi connectivity index (χ3v) is 10.7. The molecular weight excluding hydrogens is 558 g/mol. The third-order valence-electron chi connectivity index (χ3n) is 5.22. The first-order valence-corrected chi connectivity index (χ1v) is 13.3. The minimum atomic E-state index is -4.39. The van der Waals surface area contributed by atoms with Crippen molar-refractivity contribution in [2.45, 2.75) is 21.6 Å². The van der Waals surface area contributed by atoms with Crippen LogP contribution < -0.4 is 4.46 Å². The number of rotatable bonds is 4. The van der Waals surface area contributed by atoms with Crippen LogP contribution in [0.25, 0.3) is 16.5 Å². The predicted octanol–water partition coefficient (Wildman–Crippen LogP) is 4.84. The van der Waals surface area contributed by atoms with Crippen LogP contribution in [0.2, 0.25) is 0 Å². The van der Waals surface area contributed by atoms with Crippen LogP contribution >= 0.6 is 15.9 Å². The summed E-state index contributed by atoms with van der Waals surface area (Å²) in [5.41, 5.74) is 1.84. The van der Waals surface area contributed by atoms with Crippen LogP contribution in [0.4, 0.5) is 13.2 Å². The number of halogens is 4. The van der Waals surface area contributed by atoms with Gasteiger partial charge in [0.1, 0.15) is 0 Å². The summed E-state index contributed by atoms with van der Waals surface area (Å²) in [6.07, 6.45) is 6.40. The van der Waals surface area contributed by atoms with E-state index in [1.54, 1.807) is 31.2 Å². The Morgan fingerprint density at radius 3 is 2.39 bits per heavy atom. The molecule has 0 saturated carbocycles. The molecule has 1 heterocycles. The molecule has 1 aliphatic carbocycles. The Kier molecular flexibility index (Phi) is 5.75. The first-order chi connectivity index (χ1) is 14.5. The Morgan fingerprint density at radius 2 is 1.71 bits per heavy atom. The number of nitrogens with zero attached hydrogens (tertiary/aromatic N) is 1. The molecule has 0 aliphatic heterocycles. The van der Waals surface area contributed by atoms with Crippen molar-refractivity contribution in [1.29, 1.82) is 0 Å². The van der Waals surface area contributed by atoms with Gasteiger partial charge in [0.25, 0.3) is 0 Å². The zero-order valence-corrected chi connectivity index (χ0v) is 20.3. The van der Waals surface area contributed by atoms with E-state index in [9.17, 15) is 21.6 Å². The van der Waals surface area contributed by atoms with Crippen LogP contribution in [0.15, 0.2) is 79.0 Å². The second-order valence-corrected chi connectivity index (χ2v) is 12.8. The predicted molar refractivity (Wildman–Crippen MR) is 122 cm³/mol. The summed E-state index contributed by atoms with van der Waals surface area (Å²) < 4.78 is 66.8. The zero-order chi connectivity index (χ0) is 22.4. The number of hydrogen-bond acceptors (Lipinski definition) is 2. The summed E-state index contributed by atoms with van der Waals surface area (Å²) in [5, 5.41) is -4.08. The molecule has 1 aliphatic rings. The molecule has 31 heavy (non-hydrogen) atoms. The van der Waals surface area contributed by atoms with E-state index in [4.69, 9.17) is 0 Å². The van der Waals surface area contributed by atoms with Crippen molar-refractivity contribution in [2.24, 2.45) is 0 Å². The fraction of sp³-hybridized carbons (Fsp3) is 0.182. The molecule has 0 radical (unpaired) electrons. The van der Waals surface area contributed by atoms with Crippen LogP contribution in [0.3, 0.4) is 0 Å². The molecule has 2 aromatic carbocycles. The molecule has 2 atom stereocenters. The quantitative estimate of drug-likeness (QED) is 0.330. The molecule has 3 nitrogen and oxygen atoms in total. The van der Waals surface area contributed by atoms with Crippen LogP contribution in [0.1, 0.15) is 12.5 Å². The van der Waals surface area contributed by atoms with E-state index < -0.39 is 39.6 Å². The first kappa shape index (κ1) is 22.4. The van der Waals surface area contributed by atoms with Crippen molar-refractivity contribution in [3.8, 4) is 0 Å². The van der Waals surface area contributed by atoms with Crippen molar-refractivity contribution in [3.63, 3.8) is 0 Å². The van der Waals surface area contributed by atoms with Gasteiger partial charge in [-0.1, -0.05) is 0 Å². The summed E-state index contributed by atoms with van der Waals surface area (Å²) in [6, 6.07) is 15.7. The molecule has 0 N–H and O–H groups in total. The van der Waals surface area contributed by atoms with Gasteiger partial charge in [-0.2, -0.15) is 0 Å². The summed E-state index contributed by atoms with van der Waals surface area (Å²) >= 11 is 1.60. The van der Waals surface area contributed by atoms with Crippen LogP contribution in [0.5, 0.6) is 0 Å². The number of allylic oxidation sites excluding steroid dienone is 3. The second-order valence-electron chi connectivity index (χ2n) is 7.27. The van der Waals surface area contributed by atoms with Crippen molar-refractivity contribution in [3.05, 3.63) is 84.6 Å². The first-order valence-electron chi connectivity index (χ1n) is 9.24.